The number of hydrogen-bond donors (Lipinski definition) is 1. The Balaban J connectivity index is 1.95. The zero-order valence-corrected chi connectivity index (χ0v) is 22.7. The monoisotopic (exact) mass is 510 g/mol. The summed E-state index contributed by atoms with van der Waals surface area (Å²) < 4.78 is 20.4. The number of benzene rings is 2. The second-order valence-corrected chi connectivity index (χ2v) is 9.17. The van der Waals surface area contributed by atoms with E-state index in [4.69, 9.17) is 18.9 Å². The molecule has 37 heavy (non-hydrogen) atoms. The van der Waals surface area contributed by atoms with Gasteiger partial charge in [-0.2, -0.15) is 5.26 Å². The molecule has 2 aromatic carbocycles. The Kier molecular flexibility index (Phi) is 11.4. The fourth-order valence-corrected chi connectivity index (χ4v) is 4.45. The number of nitrogens with zero attached hydrogens (tertiary/aromatic N) is 1. The maximum atomic E-state index is 12.0. The van der Waals surface area contributed by atoms with E-state index in [1.807, 2.05) is 18.2 Å². The van der Waals surface area contributed by atoms with Crippen LogP contribution in [0.1, 0.15) is 65.0 Å². The van der Waals surface area contributed by atoms with E-state index in [1.54, 1.807) is 26.4 Å². The number of unbranched alkanes of at least 4 members (excludes halogenated alkanes) is 1. The zero-order valence-electron chi connectivity index (χ0n) is 22.7. The number of esters is 2. The molecule has 0 bridgehead atoms. The molecule has 0 aliphatic carbocycles. The van der Waals surface area contributed by atoms with Gasteiger partial charge >= 0.3 is 11.9 Å². The number of ether oxygens (including phenoxy) is 4. The van der Waals surface area contributed by atoms with E-state index >= 15 is 0 Å². The van der Waals surface area contributed by atoms with Crippen LogP contribution >= 0.6 is 0 Å². The number of hydrogen-bond acceptors (Lipinski definition) is 8. The van der Waals surface area contributed by atoms with Gasteiger partial charge in [-0.05, 0) is 79.7 Å². The lowest BCUT2D eigenvalue weighted by Crippen LogP contribution is -2.31. The Morgan fingerprint density at radius 3 is 2.03 bits per heavy atom. The predicted molar refractivity (Wildman–Crippen MR) is 141 cm³/mol. The van der Waals surface area contributed by atoms with Crippen LogP contribution < -0.4 is 14.8 Å². The van der Waals surface area contributed by atoms with E-state index in [1.165, 1.54) is 20.3 Å². The molecule has 0 aromatic heterocycles. The molecule has 8 nitrogen and oxygen atoms in total. The first-order chi connectivity index (χ1) is 17.8. The van der Waals surface area contributed by atoms with Gasteiger partial charge in [0.1, 0.15) is 0 Å². The van der Waals surface area contributed by atoms with E-state index in [-0.39, 0.29) is 5.92 Å². The maximum absolute atomic E-state index is 12.0. The number of carbonyl (C=O) groups is 2. The third kappa shape index (κ3) is 7.46. The van der Waals surface area contributed by atoms with Crippen molar-refractivity contribution in [3.8, 4) is 17.6 Å². The van der Waals surface area contributed by atoms with Crippen LogP contribution in [0.15, 0.2) is 36.4 Å². The van der Waals surface area contributed by atoms with E-state index in [0.717, 1.165) is 36.9 Å². The molecule has 0 fully saturated rings. The second-order valence-electron chi connectivity index (χ2n) is 9.17. The van der Waals surface area contributed by atoms with Gasteiger partial charge in [-0.15, -0.1) is 0 Å². The molecule has 0 aliphatic heterocycles. The molecule has 0 saturated heterocycles. The van der Waals surface area contributed by atoms with Crippen molar-refractivity contribution in [1.82, 2.24) is 5.32 Å². The highest BCUT2D eigenvalue weighted by atomic mass is 16.5. The second kappa shape index (κ2) is 14.2. The molecule has 0 spiro atoms. The van der Waals surface area contributed by atoms with Gasteiger partial charge in [-0.25, -0.2) is 9.59 Å². The van der Waals surface area contributed by atoms with Crippen molar-refractivity contribution in [2.45, 2.75) is 44.9 Å². The summed E-state index contributed by atoms with van der Waals surface area (Å²) in [4.78, 5) is 23.9. The smallest absolute Gasteiger partial charge is 0.337 e. The fourth-order valence-electron chi connectivity index (χ4n) is 4.45. The Bertz CT molecular complexity index is 1070. The largest absolute Gasteiger partial charge is 0.493 e. The van der Waals surface area contributed by atoms with Crippen LogP contribution in [0, 0.1) is 17.2 Å². The number of carbonyl (C=O) groups excluding carboxylic acids is 2. The Labute approximate surface area is 219 Å². The van der Waals surface area contributed by atoms with Gasteiger partial charge in [0.15, 0.2) is 11.5 Å². The number of nitriles is 1. The minimum Gasteiger partial charge on any atom is -0.493 e. The summed E-state index contributed by atoms with van der Waals surface area (Å²) in [6, 6.07) is 13.2. The van der Waals surface area contributed by atoms with Gasteiger partial charge in [0.05, 0.1) is 51.1 Å². The van der Waals surface area contributed by atoms with Gasteiger partial charge in [0.2, 0.25) is 0 Å². The summed E-state index contributed by atoms with van der Waals surface area (Å²) in [5.41, 5.74) is 1.78. The van der Waals surface area contributed by atoms with Crippen molar-refractivity contribution < 1.29 is 28.5 Å². The first-order valence-corrected chi connectivity index (χ1v) is 12.4. The highest BCUT2D eigenvalue weighted by Crippen LogP contribution is 2.40. The molecule has 0 amide bonds. The van der Waals surface area contributed by atoms with Crippen molar-refractivity contribution in [2.24, 2.45) is 5.92 Å². The molecule has 1 unspecified atom stereocenters. The standard InChI is InChI=1S/C29H38N2O6/c1-20(2)29(19-30,24-9-10-25(34-3)26(18-24)35-4)12-7-8-13-31-14-11-21-15-22(27(32)36-5)17-23(16-21)28(33)37-6/h9-10,15-18,20,31H,7-8,11-14H2,1-6H3. The molecular formula is C29H38N2O6. The zero-order chi connectivity index (χ0) is 27.4. The fraction of sp³-hybridized carbons (Fsp3) is 0.483. The van der Waals surface area contributed by atoms with Crippen molar-refractivity contribution >= 4 is 11.9 Å². The van der Waals surface area contributed by atoms with Crippen molar-refractivity contribution in [2.75, 3.05) is 41.5 Å². The van der Waals surface area contributed by atoms with E-state index < -0.39 is 17.4 Å². The molecule has 0 saturated carbocycles. The predicted octanol–water partition coefficient (Wildman–Crippen LogP) is 4.70. The summed E-state index contributed by atoms with van der Waals surface area (Å²) in [5, 5.41) is 13.6. The Morgan fingerprint density at radius 1 is 0.892 bits per heavy atom. The van der Waals surface area contributed by atoms with E-state index in [2.05, 4.69) is 25.2 Å². The molecule has 0 radical (unpaired) electrons. The van der Waals surface area contributed by atoms with Gasteiger partial charge in [0, 0.05) is 0 Å². The molecular weight excluding hydrogens is 472 g/mol. The van der Waals surface area contributed by atoms with E-state index in [9.17, 15) is 14.9 Å². The lowest BCUT2D eigenvalue weighted by molar-refractivity contribution is 0.0599. The van der Waals surface area contributed by atoms with Crippen molar-refractivity contribution in [3.05, 3.63) is 58.7 Å². The third-order valence-electron chi connectivity index (χ3n) is 6.68. The van der Waals surface area contributed by atoms with Gasteiger partial charge < -0.3 is 24.3 Å². The first-order valence-electron chi connectivity index (χ1n) is 12.4. The molecule has 0 heterocycles. The molecule has 2 aromatic rings. The van der Waals surface area contributed by atoms with Crippen LogP contribution in [0.2, 0.25) is 0 Å². The molecule has 2 rings (SSSR count). The maximum Gasteiger partial charge on any atom is 0.337 e. The lowest BCUT2D eigenvalue weighted by Gasteiger charge is -2.32. The Morgan fingerprint density at radius 2 is 1.51 bits per heavy atom. The normalized spacial score (nSPS) is 12.4. The summed E-state index contributed by atoms with van der Waals surface area (Å²) in [6.07, 6.45) is 3.13. The molecule has 200 valence electrons. The highest BCUT2D eigenvalue weighted by molar-refractivity contribution is 5.95. The average Bonchev–Trinajstić information content (AvgIpc) is 2.92. The van der Waals surface area contributed by atoms with E-state index in [0.29, 0.717) is 35.6 Å². The van der Waals surface area contributed by atoms with Gasteiger partial charge in [-0.3, -0.25) is 0 Å². The molecule has 1 atom stereocenters. The molecule has 1 N–H and O–H groups in total. The number of rotatable bonds is 14. The summed E-state index contributed by atoms with van der Waals surface area (Å²) in [7, 11) is 5.80. The van der Waals surface area contributed by atoms with Crippen molar-refractivity contribution in [3.63, 3.8) is 0 Å². The summed E-state index contributed by atoms with van der Waals surface area (Å²) in [6.45, 7) is 5.60. The first kappa shape index (κ1) is 29.7. The van der Waals surface area contributed by atoms with Crippen LogP contribution in [0.25, 0.3) is 0 Å². The van der Waals surface area contributed by atoms with Crippen LogP contribution in [0.4, 0.5) is 0 Å². The molecule has 8 heteroatoms. The summed E-state index contributed by atoms with van der Waals surface area (Å²) in [5.74, 6) is 0.381. The van der Waals surface area contributed by atoms with Gasteiger partial charge in [0.25, 0.3) is 0 Å². The topological polar surface area (TPSA) is 107 Å². The van der Waals surface area contributed by atoms with Crippen molar-refractivity contribution in [1.29, 1.82) is 5.26 Å². The third-order valence-corrected chi connectivity index (χ3v) is 6.68. The summed E-state index contributed by atoms with van der Waals surface area (Å²) >= 11 is 0. The van der Waals surface area contributed by atoms with Gasteiger partial charge in [-0.1, -0.05) is 26.3 Å². The molecule has 0 aliphatic rings. The number of methoxy groups -OCH3 is 4. The van der Waals surface area contributed by atoms with Crippen LogP contribution in [0.3, 0.4) is 0 Å². The lowest BCUT2D eigenvalue weighted by atomic mass is 9.69. The highest BCUT2D eigenvalue weighted by Gasteiger charge is 2.36. The quantitative estimate of drug-likeness (QED) is 0.288. The minimum atomic E-state index is -0.627. The minimum absolute atomic E-state index is 0.120. The average molecular weight is 511 g/mol. The van der Waals surface area contributed by atoms with Crippen LogP contribution in [-0.2, 0) is 21.3 Å². The Hall–Kier alpha value is -3.57. The number of nitrogens with one attached hydrogen (secondary N) is 1. The van der Waals surface area contributed by atoms with Crippen LogP contribution in [0.5, 0.6) is 11.5 Å². The SMILES string of the molecule is COC(=O)c1cc(CCNCCCCC(C#N)(c2ccc(OC)c(OC)c2)C(C)C)cc(C(=O)OC)c1. The van der Waals surface area contributed by atoms with Crippen LogP contribution in [-0.4, -0.2) is 53.5 Å².